The second kappa shape index (κ2) is 6.72. The summed E-state index contributed by atoms with van der Waals surface area (Å²) in [4.78, 5) is 12.0. The van der Waals surface area contributed by atoms with E-state index in [1.807, 2.05) is 6.92 Å². The molecule has 2 rings (SSSR count). The van der Waals surface area contributed by atoms with Crippen molar-refractivity contribution in [3.63, 3.8) is 0 Å². The van der Waals surface area contributed by atoms with E-state index in [-0.39, 0.29) is 11.6 Å². The molecule has 0 aliphatic rings. The molecule has 0 fully saturated rings. The van der Waals surface area contributed by atoms with Crippen LogP contribution in [0.2, 0.25) is 0 Å². The molecule has 0 spiro atoms. The Morgan fingerprint density at radius 3 is 2.23 bits per heavy atom. The van der Waals surface area contributed by atoms with Gasteiger partial charge in [0, 0.05) is 7.05 Å². The summed E-state index contributed by atoms with van der Waals surface area (Å²) in [6.45, 7) is 1.53. The quantitative estimate of drug-likeness (QED) is 0.627. The largest absolute Gasteiger partial charge is 0.445 e. The summed E-state index contributed by atoms with van der Waals surface area (Å²) in [5, 5.41) is 0. The van der Waals surface area contributed by atoms with Gasteiger partial charge in [-0.05, 0) is 31.2 Å². The Morgan fingerprint density at radius 1 is 1.05 bits per heavy atom. The monoisotopic (exact) mass is 319 g/mol. The van der Waals surface area contributed by atoms with Gasteiger partial charge < -0.3 is 4.74 Å². The fraction of sp³-hybridized carbons (Fsp3) is 0.188. The van der Waals surface area contributed by atoms with E-state index in [9.17, 15) is 13.2 Å². The zero-order valence-corrected chi connectivity index (χ0v) is 13.2. The van der Waals surface area contributed by atoms with Gasteiger partial charge in [0.05, 0.1) is 10.5 Å². The number of rotatable bonds is 5. The van der Waals surface area contributed by atoms with Gasteiger partial charge in [-0.1, -0.05) is 35.9 Å². The highest BCUT2D eigenvalue weighted by Gasteiger charge is 2.21. The molecule has 0 aromatic heterocycles. The molecule has 2 aromatic rings. The third-order valence-electron chi connectivity index (χ3n) is 3.12. The van der Waals surface area contributed by atoms with Gasteiger partial charge in [0.15, 0.2) is 6.73 Å². The Morgan fingerprint density at radius 2 is 1.64 bits per heavy atom. The van der Waals surface area contributed by atoms with Crippen LogP contribution in [0.5, 0.6) is 0 Å². The van der Waals surface area contributed by atoms with E-state index in [2.05, 4.69) is 0 Å². The molecule has 0 bridgehead atoms. The SMILES string of the molecule is Cc1ccc(S(=O)(=O)N(C)COC(=O)c2ccccc2)cc1. The Kier molecular flexibility index (Phi) is 4.95. The Labute approximate surface area is 130 Å². The minimum atomic E-state index is -3.68. The molecule has 0 saturated heterocycles. The van der Waals surface area contributed by atoms with E-state index in [4.69, 9.17) is 4.74 Å². The van der Waals surface area contributed by atoms with Crippen LogP contribution in [0.25, 0.3) is 0 Å². The van der Waals surface area contributed by atoms with Crippen LogP contribution in [0, 0.1) is 6.92 Å². The van der Waals surface area contributed by atoms with Gasteiger partial charge in [-0.15, -0.1) is 0 Å². The average molecular weight is 319 g/mol. The van der Waals surface area contributed by atoms with Crippen molar-refractivity contribution in [1.29, 1.82) is 0 Å². The number of esters is 1. The smallest absolute Gasteiger partial charge is 0.339 e. The van der Waals surface area contributed by atoms with E-state index in [1.54, 1.807) is 42.5 Å². The zero-order chi connectivity index (χ0) is 16.2. The number of nitrogens with zero attached hydrogens (tertiary/aromatic N) is 1. The Bertz CT molecular complexity index is 739. The Balaban J connectivity index is 2.04. The molecule has 22 heavy (non-hydrogen) atoms. The molecule has 0 saturated carbocycles. The van der Waals surface area contributed by atoms with E-state index >= 15 is 0 Å². The van der Waals surface area contributed by atoms with E-state index in [0.29, 0.717) is 5.56 Å². The molecule has 116 valence electrons. The maximum atomic E-state index is 12.3. The molecular formula is C16H17NO4S. The standard InChI is InChI=1S/C16H17NO4S/c1-13-8-10-15(11-9-13)22(19,20)17(2)12-21-16(18)14-6-4-3-5-7-14/h3-11H,12H2,1-2H3. The summed E-state index contributed by atoms with van der Waals surface area (Å²) >= 11 is 0. The van der Waals surface area contributed by atoms with Crippen LogP contribution in [-0.2, 0) is 14.8 Å². The van der Waals surface area contributed by atoms with Crippen molar-refractivity contribution in [2.24, 2.45) is 0 Å². The molecule has 6 heteroatoms. The lowest BCUT2D eigenvalue weighted by Crippen LogP contribution is -2.30. The molecule has 0 heterocycles. The highest BCUT2D eigenvalue weighted by Crippen LogP contribution is 2.15. The molecule has 2 aromatic carbocycles. The number of benzene rings is 2. The van der Waals surface area contributed by atoms with Crippen LogP contribution in [0.4, 0.5) is 0 Å². The molecular weight excluding hydrogens is 302 g/mol. The summed E-state index contributed by atoms with van der Waals surface area (Å²) in [5.74, 6) is -0.563. The lowest BCUT2D eigenvalue weighted by molar-refractivity contribution is 0.0394. The van der Waals surface area contributed by atoms with Gasteiger partial charge in [0.25, 0.3) is 0 Å². The summed E-state index contributed by atoms with van der Waals surface area (Å²) in [7, 11) is -2.31. The maximum absolute atomic E-state index is 12.3. The zero-order valence-electron chi connectivity index (χ0n) is 12.4. The number of hydrogen-bond acceptors (Lipinski definition) is 4. The molecule has 0 unspecified atom stereocenters. The normalized spacial score (nSPS) is 11.4. The number of carbonyl (C=O) groups excluding carboxylic acids is 1. The van der Waals surface area contributed by atoms with Gasteiger partial charge in [-0.25, -0.2) is 13.2 Å². The minimum Gasteiger partial charge on any atom is -0.445 e. The van der Waals surface area contributed by atoms with Crippen molar-refractivity contribution in [2.45, 2.75) is 11.8 Å². The van der Waals surface area contributed by atoms with Crippen LogP contribution < -0.4 is 0 Å². The van der Waals surface area contributed by atoms with Crippen molar-refractivity contribution >= 4 is 16.0 Å². The fourth-order valence-corrected chi connectivity index (χ4v) is 2.80. The lowest BCUT2D eigenvalue weighted by Gasteiger charge is -2.17. The second-order valence-corrected chi connectivity index (χ2v) is 6.89. The number of sulfonamides is 1. The highest BCUT2D eigenvalue weighted by atomic mass is 32.2. The topological polar surface area (TPSA) is 63.7 Å². The molecule has 0 amide bonds. The number of hydrogen-bond donors (Lipinski definition) is 0. The van der Waals surface area contributed by atoms with Crippen molar-refractivity contribution in [1.82, 2.24) is 4.31 Å². The molecule has 0 atom stereocenters. The predicted octanol–water partition coefficient (Wildman–Crippen LogP) is 2.43. The highest BCUT2D eigenvalue weighted by molar-refractivity contribution is 7.89. The van der Waals surface area contributed by atoms with Crippen LogP contribution in [0.3, 0.4) is 0 Å². The number of ether oxygens (including phenoxy) is 1. The van der Waals surface area contributed by atoms with Gasteiger partial charge in [-0.3, -0.25) is 0 Å². The van der Waals surface area contributed by atoms with Crippen LogP contribution in [0.1, 0.15) is 15.9 Å². The second-order valence-electron chi connectivity index (χ2n) is 4.84. The summed E-state index contributed by atoms with van der Waals surface area (Å²) in [5.41, 5.74) is 1.35. The van der Waals surface area contributed by atoms with Crippen molar-refractivity contribution in [2.75, 3.05) is 13.8 Å². The van der Waals surface area contributed by atoms with Gasteiger partial charge in [0.2, 0.25) is 10.0 Å². The molecule has 5 nitrogen and oxygen atoms in total. The molecule has 0 N–H and O–H groups in total. The van der Waals surface area contributed by atoms with Crippen LogP contribution in [0.15, 0.2) is 59.5 Å². The fourth-order valence-electron chi connectivity index (χ4n) is 1.77. The van der Waals surface area contributed by atoms with Crippen LogP contribution >= 0.6 is 0 Å². The predicted molar refractivity (Wildman–Crippen MR) is 82.9 cm³/mol. The minimum absolute atomic E-state index is 0.163. The maximum Gasteiger partial charge on any atom is 0.339 e. The Hall–Kier alpha value is -2.18. The first-order valence-electron chi connectivity index (χ1n) is 6.66. The summed E-state index contributed by atoms with van der Waals surface area (Å²) < 4.78 is 30.7. The number of aryl methyl sites for hydroxylation is 1. The molecule has 0 radical (unpaired) electrons. The van der Waals surface area contributed by atoms with E-state index in [1.165, 1.54) is 19.2 Å². The van der Waals surface area contributed by atoms with Crippen LogP contribution in [-0.4, -0.2) is 32.5 Å². The van der Waals surface area contributed by atoms with E-state index in [0.717, 1.165) is 9.87 Å². The first-order valence-corrected chi connectivity index (χ1v) is 8.10. The molecule has 0 aliphatic heterocycles. The molecule has 0 aliphatic carbocycles. The third kappa shape index (κ3) is 3.72. The summed E-state index contributed by atoms with van der Waals surface area (Å²) in [6.07, 6.45) is 0. The first-order chi connectivity index (χ1) is 10.4. The average Bonchev–Trinajstić information content (AvgIpc) is 2.53. The van der Waals surface area contributed by atoms with Crippen molar-refractivity contribution in [3.05, 3.63) is 65.7 Å². The third-order valence-corrected chi connectivity index (χ3v) is 4.91. The summed E-state index contributed by atoms with van der Waals surface area (Å²) in [6, 6.07) is 14.9. The first kappa shape index (κ1) is 16.2. The lowest BCUT2D eigenvalue weighted by atomic mass is 10.2. The van der Waals surface area contributed by atoms with Gasteiger partial charge in [0.1, 0.15) is 0 Å². The van der Waals surface area contributed by atoms with Gasteiger partial charge >= 0.3 is 5.97 Å². The van der Waals surface area contributed by atoms with E-state index < -0.39 is 16.0 Å². The van der Waals surface area contributed by atoms with Crippen molar-refractivity contribution in [3.8, 4) is 0 Å². The van der Waals surface area contributed by atoms with Crippen molar-refractivity contribution < 1.29 is 17.9 Å². The van der Waals surface area contributed by atoms with Gasteiger partial charge in [-0.2, -0.15) is 4.31 Å². The number of carbonyl (C=O) groups is 1.